The van der Waals surface area contributed by atoms with Gasteiger partial charge in [0.1, 0.15) is 6.33 Å². The molecule has 102 valence electrons. The van der Waals surface area contributed by atoms with E-state index < -0.39 is 0 Å². The summed E-state index contributed by atoms with van der Waals surface area (Å²) in [5.74, 6) is 0.740. The zero-order valence-corrected chi connectivity index (χ0v) is 11.6. The number of aromatic nitrogens is 3. The average Bonchev–Trinajstić information content (AvgIpc) is 2.92. The van der Waals surface area contributed by atoms with Gasteiger partial charge in [0.25, 0.3) is 0 Å². The van der Waals surface area contributed by atoms with E-state index in [9.17, 15) is 0 Å². The topological polar surface area (TPSA) is 39.9 Å². The fraction of sp³-hybridized carbons (Fsp3) is 0.429. The number of nitrogens with zero attached hydrogens (tertiary/aromatic N) is 3. The van der Waals surface area contributed by atoms with Gasteiger partial charge in [-0.3, -0.25) is 0 Å². The van der Waals surface area contributed by atoms with Crippen molar-refractivity contribution >= 4 is 11.6 Å². The van der Waals surface area contributed by atoms with Crippen LogP contribution in [0.1, 0.15) is 25.7 Å². The molecule has 1 aromatic heterocycles. The van der Waals surface area contributed by atoms with Crippen LogP contribution in [0.15, 0.2) is 36.7 Å². The SMILES string of the molecule is ClCCCCCCOc1ncn(-c2ccccc2)n1. The van der Waals surface area contributed by atoms with Crippen LogP contribution < -0.4 is 4.74 Å². The van der Waals surface area contributed by atoms with Crippen molar-refractivity contribution in [2.75, 3.05) is 12.5 Å². The fourth-order valence-electron chi connectivity index (χ4n) is 1.73. The number of alkyl halides is 1. The third kappa shape index (κ3) is 4.56. The second-order valence-electron chi connectivity index (χ2n) is 4.26. The van der Waals surface area contributed by atoms with Crippen LogP contribution in [-0.4, -0.2) is 27.3 Å². The molecule has 0 spiro atoms. The quantitative estimate of drug-likeness (QED) is 0.549. The van der Waals surface area contributed by atoms with Crippen LogP contribution in [0.5, 0.6) is 6.01 Å². The second kappa shape index (κ2) is 7.79. The van der Waals surface area contributed by atoms with Gasteiger partial charge < -0.3 is 4.74 Å². The van der Waals surface area contributed by atoms with E-state index in [1.807, 2.05) is 30.3 Å². The van der Waals surface area contributed by atoms with Crippen LogP contribution in [0.4, 0.5) is 0 Å². The van der Waals surface area contributed by atoms with Crippen molar-refractivity contribution in [3.63, 3.8) is 0 Å². The molecule has 0 bridgehead atoms. The molecule has 1 aromatic carbocycles. The first kappa shape index (κ1) is 13.9. The number of rotatable bonds is 8. The zero-order valence-electron chi connectivity index (χ0n) is 10.8. The lowest BCUT2D eigenvalue weighted by molar-refractivity contribution is 0.282. The number of ether oxygens (including phenoxy) is 1. The van der Waals surface area contributed by atoms with Crippen LogP contribution in [0.3, 0.4) is 0 Å². The first-order chi connectivity index (χ1) is 9.40. The Labute approximate surface area is 118 Å². The van der Waals surface area contributed by atoms with Gasteiger partial charge in [-0.1, -0.05) is 31.0 Å². The molecule has 0 N–H and O–H groups in total. The van der Waals surface area contributed by atoms with Gasteiger partial charge in [0.15, 0.2) is 0 Å². The number of benzene rings is 1. The Morgan fingerprint density at radius 2 is 1.84 bits per heavy atom. The molecule has 0 amide bonds. The summed E-state index contributed by atoms with van der Waals surface area (Å²) in [6, 6.07) is 10.3. The monoisotopic (exact) mass is 279 g/mol. The number of hydrogen-bond acceptors (Lipinski definition) is 3. The molecule has 0 aliphatic rings. The summed E-state index contributed by atoms with van der Waals surface area (Å²) in [5, 5.41) is 4.28. The Kier molecular flexibility index (Phi) is 5.69. The van der Waals surface area contributed by atoms with E-state index >= 15 is 0 Å². The lowest BCUT2D eigenvalue weighted by Gasteiger charge is -2.01. The predicted molar refractivity (Wildman–Crippen MR) is 76.0 cm³/mol. The summed E-state index contributed by atoms with van der Waals surface area (Å²) in [7, 11) is 0. The van der Waals surface area contributed by atoms with E-state index in [2.05, 4.69) is 10.1 Å². The minimum Gasteiger partial charge on any atom is -0.462 e. The normalized spacial score (nSPS) is 10.6. The molecule has 2 rings (SSSR count). The second-order valence-corrected chi connectivity index (χ2v) is 4.64. The van der Waals surface area contributed by atoms with Gasteiger partial charge in [0.2, 0.25) is 0 Å². The van der Waals surface area contributed by atoms with E-state index in [1.54, 1.807) is 11.0 Å². The van der Waals surface area contributed by atoms with Gasteiger partial charge in [-0.05, 0) is 25.0 Å². The Hall–Kier alpha value is -1.55. The average molecular weight is 280 g/mol. The molecule has 0 radical (unpaired) electrons. The highest BCUT2D eigenvalue weighted by Crippen LogP contribution is 2.09. The summed E-state index contributed by atoms with van der Waals surface area (Å²) in [4.78, 5) is 4.14. The standard InChI is InChI=1S/C14H18ClN3O/c15-10-6-1-2-7-11-19-14-16-12-18(17-14)13-8-4-3-5-9-13/h3-5,8-9,12H,1-2,6-7,10-11H2. The number of hydrogen-bond donors (Lipinski definition) is 0. The van der Waals surface area contributed by atoms with Crippen molar-refractivity contribution < 1.29 is 4.74 Å². The van der Waals surface area contributed by atoms with Crippen LogP contribution >= 0.6 is 11.6 Å². The van der Waals surface area contributed by atoms with Gasteiger partial charge >= 0.3 is 6.01 Å². The van der Waals surface area contributed by atoms with Crippen LogP contribution in [0.25, 0.3) is 5.69 Å². The van der Waals surface area contributed by atoms with E-state index in [0.29, 0.717) is 12.6 Å². The van der Waals surface area contributed by atoms with E-state index in [1.165, 1.54) is 0 Å². The summed E-state index contributed by atoms with van der Waals surface area (Å²) < 4.78 is 7.22. The van der Waals surface area contributed by atoms with Gasteiger partial charge in [-0.25, -0.2) is 4.68 Å². The van der Waals surface area contributed by atoms with Gasteiger partial charge in [-0.15, -0.1) is 16.7 Å². The maximum absolute atomic E-state index is 5.62. The molecule has 5 heteroatoms. The highest BCUT2D eigenvalue weighted by Gasteiger charge is 2.02. The van der Waals surface area contributed by atoms with E-state index in [0.717, 1.165) is 37.3 Å². The minimum absolute atomic E-state index is 0.432. The maximum atomic E-state index is 5.62. The van der Waals surface area contributed by atoms with Crippen molar-refractivity contribution in [2.45, 2.75) is 25.7 Å². The first-order valence-corrected chi connectivity index (χ1v) is 7.09. The largest absolute Gasteiger partial charge is 0.462 e. The molecule has 19 heavy (non-hydrogen) atoms. The number of unbranched alkanes of at least 4 members (excludes halogenated alkanes) is 3. The Morgan fingerprint density at radius 1 is 1.05 bits per heavy atom. The molecule has 0 fully saturated rings. The maximum Gasteiger partial charge on any atom is 0.335 e. The Balaban J connectivity index is 1.75. The third-order valence-electron chi connectivity index (χ3n) is 2.75. The molecular weight excluding hydrogens is 262 g/mol. The van der Waals surface area contributed by atoms with Crippen LogP contribution in [0.2, 0.25) is 0 Å². The molecular formula is C14H18ClN3O. The van der Waals surface area contributed by atoms with Crippen molar-refractivity contribution in [1.29, 1.82) is 0 Å². The predicted octanol–water partition coefficient (Wildman–Crippen LogP) is 3.45. The van der Waals surface area contributed by atoms with E-state index in [4.69, 9.17) is 16.3 Å². The molecule has 2 aromatic rings. The number of halogens is 1. The molecule has 0 aliphatic carbocycles. The van der Waals surface area contributed by atoms with Crippen molar-refractivity contribution in [2.24, 2.45) is 0 Å². The molecule has 0 saturated carbocycles. The van der Waals surface area contributed by atoms with E-state index in [-0.39, 0.29) is 0 Å². The smallest absolute Gasteiger partial charge is 0.335 e. The summed E-state index contributed by atoms with van der Waals surface area (Å²) in [6.45, 7) is 0.654. The summed E-state index contributed by atoms with van der Waals surface area (Å²) in [6.07, 6.45) is 6.03. The van der Waals surface area contributed by atoms with Gasteiger partial charge in [-0.2, -0.15) is 4.98 Å². The molecule has 0 saturated heterocycles. The minimum atomic E-state index is 0.432. The molecule has 4 nitrogen and oxygen atoms in total. The highest BCUT2D eigenvalue weighted by molar-refractivity contribution is 6.17. The molecule has 0 atom stereocenters. The lowest BCUT2D eigenvalue weighted by Crippen LogP contribution is -2.00. The van der Waals surface area contributed by atoms with Gasteiger partial charge in [0, 0.05) is 5.88 Å². The highest BCUT2D eigenvalue weighted by atomic mass is 35.5. The Morgan fingerprint density at radius 3 is 2.63 bits per heavy atom. The third-order valence-corrected chi connectivity index (χ3v) is 3.02. The molecule has 0 unspecified atom stereocenters. The van der Waals surface area contributed by atoms with Crippen LogP contribution in [0, 0.1) is 0 Å². The molecule has 1 heterocycles. The molecule has 0 aliphatic heterocycles. The Bertz CT molecular complexity index is 473. The van der Waals surface area contributed by atoms with Crippen molar-refractivity contribution in [3.05, 3.63) is 36.7 Å². The summed E-state index contributed by atoms with van der Waals surface area (Å²) in [5.41, 5.74) is 0.979. The first-order valence-electron chi connectivity index (χ1n) is 6.56. The van der Waals surface area contributed by atoms with Crippen molar-refractivity contribution in [1.82, 2.24) is 14.8 Å². The zero-order chi connectivity index (χ0) is 13.3. The lowest BCUT2D eigenvalue weighted by atomic mass is 10.2. The van der Waals surface area contributed by atoms with Crippen molar-refractivity contribution in [3.8, 4) is 11.7 Å². The fourth-order valence-corrected chi connectivity index (χ4v) is 1.92. The number of para-hydroxylation sites is 1. The van der Waals surface area contributed by atoms with Crippen LogP contribution in [-0.2, 0) is 0 Å². The van der Waals surface area contributed by atoms with Gasteiger partial charge in [0.05, 0.1) is 12.3 Å². The summed E-state index contributed by atoms with van der Waals surface area (Å²) >= 11 is 5.62.